The van der Waals surface area contributed by atoms with Crippen molar-refractivity contribution in [2.45, 2.75) is 83.5 Å². The van der Waals surface area contributed by atoms with Crippen LogP contribution in [0.5, 0.6) is 0 Å². The summed E-state index contributed by atoms with van der Waals surface area (Å²) in [5.41, 5.74) is 3.59. The third-order valence-electron chi connectivity index (χ3n) is 5.32. The molecule has 0 amide bonds. The van der Waals surface area contributed by atoms with Gasteiger partial charge in [-0.15, -0.1) is 0 Å². The van der Waals surface area contributed by atoms with Crippen LogP contribution in [0.2, 0.25) is 18.1 Å². The number of hydrazine groups is 1. The van der Waals surface area contributed by atoms with E-state index in [0.29, 0.717) is 11.1 Å². The van der Waals surface area contributed by atoms with Crippen LogP contribution in [0.3, 0.4) is 0 Å². The van der Waals surface area contributed by atoms with Gasteiger partial charge in [-0.3, -0.25) is 10.4 Å². The fourth-order valence-corrected chi connectivity index (χ4v) is 4.02. The number of hydrogen-bond acceptors (Lipinski definition) is 3. The molecule has 0 aromatic rings. The first-order chi connectivity index (χ1) is 9.63. The summed E-state index contributed by atoms with van der Waals surface area (Å²) in [5.74, 6) is 0.861. The van der Waals surface area contributed by atoms with Gasteiger partial charge in [-0.1, -0.05) is 33.6 Å². The van der Waals surface area contributed by atoms with Gasteiger partial charge in [0.2, 0.25) is 0 Å². The molecule has 21 heavy (non-hydrogen) atoms. The summed E-state index contributed by atoms with van der Waals surface area (Å²) in [7, 11) is 2.66. The van der Waals surface area contributed by atoms with Crippen LogP contribution in [0.25, 0.3) is 0 Å². The maximum absolute atomic E-state index is 6.27. The van der Waals surface area contributed by atoms with Crippen molar-refractivity contribution in [3.63, 3.8) is 0 Å². The molecule has 0 aromatic carbocycles. The minimum Gasteiger partial charge on any atom is -0.417 e. The highest BCUT2D eigenvalue weighted by atomic mass is 28.4. The zero-order chi connectivity index (χ0) is 16.1. The lowest BCUT2D eigenvalue weighted by Crippen LogP contribution is -2.42. The molecular formula is C17H38N2OSi. The number of unbranched alkanes of at least 4 members (excludes halogenated alkanes) is 1. The lowest BCUT2D eigenvalue weighted by molar-refractivity contribution is 0.202. The molecule has 3 nitrogen and oxygen atoms in total. The molecule has 126 valence electrons. The number of nitrogens with one attached hydrogen (secondary N) is 1. The summed E-state index contributed by atoms with van der Waals surface area (Å²) in [6, 6.07) is 0.696. The molecule has 0 bridgehead atoms. The van der Waals surface area contributed by atoms with E-state index in [-0.39, 0.29) is 0 Å². The summed E-state index contributed by atoms with van der Waals surface area (Å²) in [5, 5.41) is 2.45. The zero-order valence-corrected chi connectivity index (χ0v) is 16.5. The molecule has 0 spiro atoms. The van der Waals surface area contributed by atoms with Crippen molar-refractivity contribution in [2.75, 3.05) is 20.7 Å². The second-order valence-electron chi connectivity index (χ2n) is 8.43. The molecule has 1 N–H and O–H groups in total. The number of hydrogen-bond donors (Lipinski definition) is 1. The molecule has 0 aromatic heterocycles. The first kappa shape index (κ1) is 19.1. The first-order valence-corrected chi connectivity index (χ1v) is 11.6. The summed E-state index contributed by atoms with van der Waals surface area (Å²) >= 11 is 0. The van der Waals surface area contributed by atoms with E-state index in [4.69, 9.17) is 4.43 Å². The number of nitrogens with zero attached hydrogens (tertiary/aromatic N) is 1. The SMILES string of the molecule is CN(C)N[C@@H]1CCC[C@H]1CCCCO[Si](C)(C)C(C)(C)C. The molecule has 1 fully saturated rings. The predicted molar refractivity (Wildman–Crippen MR) is 95.0 cm³/mol. The Morgan fingerprint density at radius 3 is 2.38 bits per heavy atom. The van der Waals surface area contributed by atoms with Crippen LogP contribution in [-0.2, 0) is 4.43 Å². The van der Waals surface area contributed by atoms with Crippen molar-refractivity contribution in [1.29, 1.82) is 0 Å². The number of rotatable bonds is 8. The molecule has 0 radical (unpaired) electrons. The average molecular weight is 315 g/mol. The Balaban J connectivity index is 2.19. The van der Waals surface area contributed by atoms with Gasteiger partial charge < -0.3 is 4.43 Å². The smallest absolute Gasteiger partial charge is 0.191 e. The van der Waals surface area contributed by atoms with Gasteiger partial charge in [-0.25, -0.2) is 0 Å². The molecule has 0 heterocycles. The lowest BCUT2D eigenvalue weighted by Gasteiger charge is -2.36. The largest absolute Gasteiger partial charge is 0.417 e. The lowest BCUT2D eigenvalue weighted by atomic mass is 9.97. The van der Waals surface area contributed by atoms with Crippen molar-refractivity contribution < 1.29 is 4.43 Å². The third-order valence-corrected chi connectivity index (χ3v) is 9.86. The van der Waals surface area contributed by atoms with Gasteiger partial charge in [0, 0.05) is 26.7 Å². The van der Waals surface area contributed by atoms with Crippen molar-refractivity contribution in [2.24, 2.45) is 5.92 Å². The van der Waals surface area contributed by atoms with Crippen LogP contribution >= 0.6 is 0 Å². The van der Waals surface area contributed by atoms with Gasteiger partial charge >= 0.3 is 0 Å². The van der Waals surface area contributed by atoms with Crippen molar-refractivity contribution in [3.8, 4) is 0 Å². The highest BCUT2D eigenvalue weighted by Gasteiger charge is 2.36. The Bertz CT molecular complexity index is 300. The molecule has 1 saturated carbocycles. The quantitative estimate of drug-likeness (QED) is 0.408. The highest BCUT2D eigenvalue weighted by Crippen LogP contribution is 2.36. The molecule has 1 rings (SSSR count). The van der Waals surface area contributed by atoms with E-state index in [2.05, 4.69) is 58.4 Å². The second-order valence-corrected chi connectivity index (χ2v) is 13.2. The maximum Gasteiger partial charge on any atom is 0.191 e. The molecule has 1 aliphatic rings. The summed E-state index contributed by atoms with van der Waals surface area (Å²) < 4.78 is 6.27. The van der Waals surface area contributed by atoms with Crippen LogP contribution in [0.15, 0.2) is 0 Å². The van der Waals surface area contributed by atoms with E-state index in [9.17, 15) is 0 Å². The summed E-state index contributed by atoms with van der Waals surface area (Å²) in [6.45, 7) is 12.6. The van der Waals surface area contributed by atoms with E-state index < -0.39 is 8.32 Å². The highest BCUT2D eigenvalue weighted by molar-refractivity contribution is 6.74. The van der Waals surface area contributed by atoms with E-state index in [0.717, 1.165) is 12.5 Å². The second kappa shape index (κ2) is 8.09. The van der Waals surface area contributed by atoms with Crippen LogP contribution < -0.4 is 5.43 Å². The van der Waals surface area contributed by atoms with Gasteiger partial charge in [0.25, 0.3) is 0 Å². The van der Waals surface area contributed by atoms with Crippen LogP contribution in [0, 0.1) is 5.92 Å². The monoisotopic (exact) mass is 314 g/mol. The van der Waals surface area contributed by atoms with Crippen molar-refractivity contribution in [1.82, 2.24) is 10.4 Å². The minimum absolute atomic E-state index is 0.333. The van der Waals surface area contributed by atoms with Crippen LogP contribution in [-0.4, -0.2) is 40.1 Å². The third kappa shape index (κ3) is 6.39. The van der Waals surface area contributed by atoms with E-state index in [1.807, 2.05) is 0 Å². The van der Waals surface area contributed by atoms with Crippen molar-refractivity contribution >= 4 is 8.32 Å². The Hall–Kier alpha value is 0.0969. The van der Waals surface area contributed by atoms with Crippen molar-refractivity contribution in [3.05, 3.63) is 0 Å². The van der Waals surface area contributed by atoms with E-state index in [1.54, 1.807) is 0 Å². The first-order valence-electron chi connectivity index (χ1n) is 8.71. The van der Waals surface area contributed by atoms with Gasteiger partial charge in [0.05, 0.1) is 0 Å². The molecule has 0 aliphatic heterocycles. The molecule has 2 atom stereocenters. The molecule has 0 saturated heterocycles. The minimum atomic E-state index is -1.54. The molecular weight excluding hydrogens is 276 g/mol. The Labute approximate surface area is 133 Å². The summed E-state index contributed by atoms with van der Waals surface area (Å²) in [6.07, 6.45) is 8.00. The van der Waals surface area contributed by atoms with Crippen LogP contribution in [0.1, 0.15) is 59.3 Å². The standard InChI is InChI=1S/C17H38N2OSi/c1-17(2,3)21(6,7)20-14-9-8-11-15-12-10-13-16(15)18-19(4)5/h15-16,18H,8-14H2,1-7H3/t15-,16-/m1/s1. The maximum atomic E-state index is 6.27. The average Bonchev–Trinajstić information content (AvgIpc) is 2.73. The Morgan fingerprint density at radius 1 is 1.14 bits per heavy atom. The molecule has 4 heteroatoms. The zero-order valence-electron chi connectivity index (χ0n) is 15.5. The van der Waals surface area contributed by atoms with Gasteiger partial charge in [-0.05, 0) is 49.7 Å². The van der Waals surface area contributed by atoms with Gasteiger partial charge in [-0.2, -0.15) is 0 Å². The predicted octanol–water partition coefficient (Wildman–Crippen LogP) is 4.41. The topological polar surface area (TPSA) is 24.5 Å². The van der Waals surface area contributed by atoms with E-state index in [1.165, 1.54) is 38.5 Å². The molecule has 1 aliphatic carbocycles. The van der Waals surface area contributed by atoms with Gasteiger partial charge in [0.1, 0.15) is 0 Å². The normalized spacial score (nSPS) is 24.0. The Morgan fingerprint density at radius 2 is 1.81 bits per heavy atom. The summed E-state index contributed by atoms with van der Waals surface area (Å²) in [4.78, 5) is 0. The Kier molecular flexibility index (Phi) is 7.38. The molecule has 0 unspecified atom stereocenters. The van der Waals surface area contributed by atoms with E-state index >= 15 is 0 Å². The van der Waals surface area contributed by atoms with Crippen LogP contribution in [0.4, 0.5) is 0 Å². The fourth-order valence-electron chi connectivity index (χ4n) is 2.94. The fraction of sp³-hybridized carbons (Fsp3) is 1.00. The van der Waals surface area contributed by atoms with Gasteiger partial charge in [0.15, 0.2) is 8.32 Å².